The van der Waals surface area contributed by atoms with Crippen LogP contribution in [0.5, 0.6) is 0 Å². The third-order valence-corrected chi connectivity index (χ3v) is 5.33. The molecular formula is C17H18N4O5S. The van der Waals surface area contributed by atoms with Crippen LogP contribution in [0.2, 0.25) is 0 Å². The fourth-order valence-corrected chi connectivity index (χ4v) is 4.01. The number of benzene rings is 1. The Labute approximate surface area is 155 Å². The Balaban J connectivity index is 1.87. The van der Waals surface area contributed by atoms with Crippen molar-refractivity contribution in [2.45, 2.75) is 31.2 Å². The summed E-state index contributed by atoms with van der Waals surface area (Å²) < 4.78 is 29.4. The number of carbonyl (C=O) groups is 2. The molecular weight excluding hydrogens is 372 g/mol. The van der Waals surface area contributed by atoms with Crippen LogP contribution in [0.25, 0.3) is 5.70 Å². The molecule has 1 aromatic heterocycles. The molecule has 1 aliphatic rings. The molecule has 1 aliphatic carbocycles. The first-order valence-corrected chi connectivity index (χ1v) is 9.62. The van der Waals surface area contributed by atoms with E-state index in [0.29, 0.717) is 35.5 Å². The zero-order chi connectivity index (χ0) is 19.6. The largest absolute Gasteiger partial charge is 0.480 e. The fraction of sp³-hybridized carbons (Fsp3) is 0.235. The number of hydrogen-bond acceptors (Lipinski definition) is 5. The lowest BCUT2D eigenvalue weighted by atomic mass is 10.0. The van der Waals surface area contributed by atoms with Crippen molar-refractivity contribution in [3.8, 4) is 0 Å². The van der Waals surface area contributed by atoms with Crippen LogP contribution in [-0.2, 0) is 32.6 Å². The first-order valence-electron chi connectivity index (χ1n) is 8.14. The van der Waals surface area contributed by atoms with Crippen LogP contribution in [0.3, 0.4) is 0 Å². The Morgan fingerprint density at radius 3 is 2.81 bits per heavy atom. The van der Waals surface area contributed by atoms with Gasteiger partial charge in [-0.15, -0.1) is 0 Å². The molecule has 1 aromatic carbocycles. The molecule has 2 aromatic rings. The van der Waals surface area contributed by atoms with Gasteiger partial charge in [-0.3, -0.25) is 19.0 Å². The van der Waals surface area contributed by atoms with Gasteiger partial charge in [-0.25, -0.2) is 8.42 Å². The van der Waals surface area contributed by atoms with Gasteiger partial charge in [0.15, 0.2) is 0 Å². The van der Waals surface area contributed by atoms with Crippen molar-refractivity contribution < 1.29 is 23.1 Å². The molecule has 1 heterocycles. The summed E-state index contributed by atoms with van der Waals surface area (Å²) in [6.45, 7) is 1.05. The second kappa shape index (κ2) is 7.23. The molecule has 0 bridgehead atoms. The summed E-state index contributed by atoms with van der Waals surface area (Å²) in [7, 11) is -3.90. The van der Waals surface area contributed by atoms with E-state index in [-0.39, 0.29) is 17.3 Å². The smallest absolute Gasteiger partial charge is 0.325 e. The summed E-state index contributed by atoms with van der Waals surface area (Å²) in [6.07, 6.45) is 4.33. The molecule has 0 fully saturated rings. The van der Waals surface area contributed by atoms with Gasteiger partial charge in [0, 0.05) is 23.9 Å². The monoisotopic (exact) mass is 390 g/mol. The Morgan fingerprint density at radius 1 is 1.33 bits per heavy atom. The highest BCUT2D eigenvalue weighted by Gasteiger charge is 2.23. The number of nitrogens with one attached hydrogen (secondary N) is 2. The van der Waals surface area contributed by atoms with Crippen molar-refractivity contribution in [3.63, 3.8) is 0 Å². The summed E-state index contributed by atoms with van der Waals surface area (Å²) in [6, 6.07) is 5.91. The van der Waals surface area contributed by atoms with Gasteiger partial charge < -0.3 is 10.4 Å². The molecule has 27 heavy (non-hydrogen) atoms. The lowest BCUT2D eigenvalue weighted by Crippen LogP contribution is -2.24. The lowest BCUT2D eigenvalue weighted by Gasteiger charge is -2.17. The van der Waals surface area contributed by atoms with Gasteiger partial charge in [-0.1, -0.05) is 12.1 Å². The van der Waals surface area contributed by atoms with Crippen LogP contribution < -0.4 is 10.0 Å². The maximum atomic E-state index is 12.7. The van der Waals surface area contributed by atoms with Crippen molar-refractivity contribution in [2.24, 2.45) is 0 Å². The third-order valence-electron chi connectivity index (χ3n) is 3.96. The van der Waals surface area contributed by atoms with E-state index in [1.54, 1.807) is 12.1 Å². The van der Waals surface area contributed by atoms with Gasteiger partial charge in [-0.2, -0.15) is 5.10 Å². The molecule has 0 unspecified atom stereocenters. The maximum Gasteiger partial charge on any atom is 0.325 e. The molecule has 0 spiro atoms. The quantitative estimate of drug-likeness (QED) is 0.679. The van der Waals surface area contributed by atoms with Crippen molar-refractivity contribution in [1.29, 1.82) is 0 Å². The topological polar surface area (TPSA) is 130 Å². The highest BCUT2D eigenvalue weighted by Crippen LogP contribution is 2.26. The number of allylic oxidation sites excluding steroid dienone is 1. The number of hydrogen-bond donors (Lipinski definition) is 3. The number of rotatable bonds is 6. The predicted molar refractivity (Wildman–Crippen MR) is 97.2 cm³/mol. The van der Waals surface area contributed by atoms with E-state index in [1.165, 1.54) is 36.0 Å². The highest BCUT2D eigenvalue weighted by molar-refractivity contribution is 7.89. The molecule has 142 valence electrons. The highest BCUT2D eigenvalue weighted by atomic mass is 32.2. The minimum absolute atomic E-state index is 0.000277. The molecule has 0 saturated heterocycles. The SMILES string of the molecule is CC(=O)Nc1cccc(S(=O)(=O)NC2=CCCc3c2cnn3CC(=O)O)c1. The molecule has 0 radical (unpaired) electrons. The van der Waals surface area contributed by atoms with Crippen molar-refractivity contribution in [2.75, 3.05) is 5.32 Å². The minimum atomic E-state index is -3.90. The Bertz CT molecular complexity index is 1040. The Kier molecular flexibility index (Phi) is 5.00. The van der Waals surface area contributed by atoms with E-state index in [0.717, 1.165) is 0 Å². The Hall–Kier alpha value is -3.14. The van der Waals surface area contributed by atoms with Crippen LogP contribution in [0, 0.1) is 0 Å². The average molecular weight is 390 g/mol. The normalized spacial score (nSPS) is 13.4. The zero-order valence-corrected chi connectivity index (χ0v) is 15.3. The van der Waals surface area contributed by atoms with E-state index in [2.05, 4.69) is 15.1 Å². The molecule has 3 N–H and O–H groups in total. The summed E-state index contributed by atoms with van der Waals surface area (Å²) >= 11 is 0. The number of carbonyl (C=O) groups excluding carboxylic acids is 1. The number of carboxylic acids is 1. The summed E-state index contributed by atoms with van der Waals surface area (Å²) in [5, 5.41) is 15.6. The van der Waals surface area contributed by atoms with Gasteiger partial charge in [-0.05, 0) is 31.0 Å². The third kappa shape index (κ3) is 4.17. The summed E-state index contributed by atoms with van der Waals surface area (Å²) in [5.74, 6) is -1.32. The number of carboxylic acid groups (broad SMARTS) is 1. The lowest BCUT2D eigenvalue weighted by molar-refractivity contribution is -0.138. The van der Waals surface area contributed by atoms with Crippen LogP contribution in [0.4, 0.5) is 5.69 Å². The molecule has 9 nitrogen and oxygen atoms in total. The molecule has 0 aliphatic heterocycles. The maximum absolute atomic E-state index is 12.7. The molecule has 3 rings (SSSR count). The average Bonchev–Trinajstić information content (AvgIpc) is 2.98. The minimum Gasteiger partial charge on any atom is -0.480 e. The predicted octanol–water partition coefficient (Wildman–Crippen LogP) is 1.19. The van der Waals surface area contributed by atoms with E-state index in [4.69, 9.17) is 5.11 Å². The fourth-order valence-electron chi connectivity index (χ4n) is 2.87. The number of aliphatic carboxylic acids is 1. The first-order chi connectivity index (χ1) is 12.8. The summed E-state index contributed by atoms with van der Waals surface area (Å²) in [5.41, 5.74) is 1.96. The molecule has 0 atom stereocenters. The van der Waals surface area contributed by atoms with E-state index >= 15 is 0 Å². The molecule has 0 saturated carbocycles. The zero-order valence-electron chi connectivity index (χ0n) is 14.5. The van der Waals surface area contributed by atoms with Gasteiger partial charge >= 0.3 is 5.97 Å². The second-order valence-corrected chi connectivity index (χ2v) is 7.71. The van der Waals surface area contributed by atoms with Gasteiger partial charge in [0.2, 0.25) is 5.91 Å². The molecule has 10 heteroatoms. The standard InChI is InChI=1S/C17H18N4O5S/c1-11(22)19-12-4-2-5-13(8-12)27(25,26)20-15-6-3-7-16-14(15)9-18-21(16)10-17(23)24/h2,4-6,8-9,20H,3,7,10H2,1H3,(H,19,22)(H,23,24). The second-order valence-electron chi connectivity index (χ2n) is 6.03. The number of sulfonamides is 1. The van der Waals surface area contributed by atoms with E-state index in [9.17, 15) is 18.0 Å². The molecule has 1 amide bonds. The van der Waals surface area contributed by atoms with Crippen LogP contribution in [-0.4, -0.2) is 35.2 Å². The number of aromatic nitrogens is 2. The number of amides is 1. The van der Waals surface area contributed by atoms with Crippen molar-refractivity contribution in [3.05, 3.63) is 47.8 Å². The van der Waals surface area contributed by atoms with Crippen LogP contribution in [0.1, 0.15) is 24.6 Å². The van der Waals surface area contributed by atoms with Crippen LogP contribution >= 0.6 is 0 Å². The van der Waals surface area contributed by atoms with Crippen molar-refractivity contribution >= 4 is 33.3 Å². The Morgan fingerprint density at radius 2 is 2.11 bits per heavy atom. The van der Waals surface area contributed by atoms with Crippen molar-refractivity contribution in [1.82, 2.24) is 14.5 Å². The van der Waals surface area contributed by atoms with Gasteiger partial charge in [0.25, 0.3) is 10.0 Å². The van der Waals surface area contributed by atoms with E-state index in [1.807, 2.05) is 0 Å². The van der Waals surface area contributed by atoms with Crippen LogP contribution in [0.15, 0.2) is 41.4 Å². The van der Waals surface area contributed by atoms with Gasteiger partial charge in [0.1, 0.15) is 6.54 Å². The number of nitrogens with zero attached hydrogens (tertiary/aromatic N) is 2. The number of fused-ring (bicyclic) bond motifs is 1. The number of anilines is 1. The first kappa shape index (κ1) is 18.6. The summed E-state index contributed by atoms with van der Waals surface area (Å²) in [4.78, 5) is 22.1. The van der Waals surface area contributed by atoms with E-state index < -0.39 is 16.0 Å². The van der Waals surface area contributed by atoms with Gasteiger partial charge in [0.05, 0.1) is 16.8 Å².